The van der Waals surface area contributed by atoms with Crippen LogP contribution in [0, 0.1) is 0 Å². The first-order valence-electron chi connectivity index (χ1n) is 6.82. The van der Waals surface area contributed by atoms with Crippen LogP contribution in [0.15, 0.2) is 29.3 Å². The number of ether oxygens (including phenoxy) is 1. The van der Waals surface area contributed by atoms with Gasteiger partial charge in [-0.3, -0.25) is 0 Å². The normalized spacial score (nSPS) is 15.1. The lowest BCUT2D eigenvalue weighted by molar-refractivity contribution is 0.0373. The topological polar surface area (TPSA) is 67.8 Å². The summed E-state index contributed by atoms with van der Waals surface area (Å²) in [4.78, 5) is 3.96. The summed E-state index contributed by atoms with van der Waals surface area (Å²) < 4.78 is 5.42. The third-order valence-electron chi connectivity index (χ3n) is 2.96. The van der Waals surface area contributed by atoms with Crippen LogP contribution in [0.1, 0.15) is 44.4 Å². The molecular weight excluding hydrogens is 240 g/mol. The van der Waals surface area contributed by atoms with E-state index in [1.54, 1.807) is 6.92 Å². The van der Waals surface area contributed by atoms with E-state index >= 15 is 0 Å². The largest absolute Gasteiger partial charge is 0.459 e. The van der Waals surface area contributed by atoms with Gasteiger partial charge in [0.1, 0.15) is 12.2 Å². The van der Waals surface area contributed by atoms with Crippen molar-refractivity contribution in [3.63, 3.8) is 0 Å². The molecule has 1 rings (SSSR count). The molecule has 1 aromatic carbocycles. The number of amidine groups is 1. The van der Waals surface area contributed by atoms with Crippen LogP contribution in [0.2, 0.25) is 0 Å². The number of rotatable bonds is 6. The smallest absolute Gasteiger partial charge is 0.282 e. The minimum atomic E-state index is -0.701. The van der Waals surface area contributed by atoms with Crippen molar-refractivity contribution in [2.45, 2.75) is 45.8 Å². The maximum Gasteiger partial charge on any atom is 0.282 e. The van der Waals surface area contributed by atoms with Gasteiger partial charge in [-0.05, 0) is 31.4 Å². The average molecular weight is 264 g/mol. The molecule has 0 aliphatic heterocycles. The molecule has 3 N–H and O–H groups in total. The van der Waals surface area contributed by atoms with Crippen molar-refractivity contribution in [3.05, 3.63) is 35.4 Å². The summed E-state index contributed by atoms with van der Waals surface area (Å²) in [6.45, 7) is 6.37. The van der Waals surface area contributed by atoms with Crippen molar-refractivity contribution in [2.75, 3.05) is 6.54 Å². The molecule has 4 nitrogen and oxygen atoms in total. The van der Waals surface area contributed by atoms with Crippen molar-refractivity contribution < 1.29 is 9.84 Å². The number of nitrogens with zero attached hydrogens (tertiary/aromatic N) is 1. The Bertz CT molecular complexity index is 418. The maximum atomic E-state index is 10.4. The Labute approximate surface area is 115 Å². The molecule has 4 heteroatoms. The number of aliphatic imine (C=N–C) groups is 1. The number of aliphatic hydroxyl groups excluding tert-OH is 1. The van der Waals surface area contributed by atoms with E-state index in [1.165, 1.54) is 0 Å². The van der Waals surface area contributed by atoms with E-state index in [2.05, 4.69) is 11.9 Å². The van der Waals surface area contributed by atoms with Crippen LogP contribution in [0.25, 0.3) is 0 Å². The number of benzene rings is 1. The van der Waals surface area contributed by atoms with Crippen LogP contribution in [-0.2, 0) is 11.2 Å². The fourth-order valence-electron chi connectivity index (χ4n) is 2.02. The number of aliphatic hydroxyl groups is 1. The SMILES string of the molecule is CCCc1ccccc1C(O)C(C)OC(N)=NCC. The van der Waals surface area contributed by atoms with Gasteiger partial charge in [0.15, 0.2) is 0 Å². The Morgan fingerprint density at radius 3 is 2.68 bits per heavy atom. The van der Waals surface area contributed by atoms with Crippen molar-refractivity contribution in [3.8, 4) is 0 Å². The summed E-state index contributed by atoms with van der Waals surface area (Å²) in [5.41, 5.74) is 7.67. The Hall–Kier alpha value is -1.55. The van der Waals surface area contributed by atoms with Gasteiger partial charge in [0.2, 0.25) is 0 Å². The standard InChI is InChI=1S/C15H24N2O2/c1-4-8-12-9-6-7-10-13(12)14(18)11(3)19-15(16)17-5-2/h6-7,9-11,14,18H,4-5,8H2,1-3H3,(H2,16,17). The number of aryl methyl sites for hydroxylation is 1. The summed E-state index contributed by atoms with van der Waals surface area (Å²) >= 11 is 0. The minimum Gasteiger partial charge on any atom is -0.459 e. The highest BCUT2D eigenvalue weighted by Gasteiger charge is 2.20. The summed E-state index contributed by atoms with van der Waals surface area (Å²) in [6.07, 6.45) is 0.860. The van der Waals surface area contributed by atoms with Gasteiger partial charge in [0.05, 0.1) is 0 Å². The van der Waals surface area contributed by atoms with Gasteiger partial charge < -0.3 is 15.6 Å². The van der Waals surface area contributed by atoms with Gasteiger partial charge in [-0.15, -0.1) is 0 Å². The molecule has 2 atom stereocenters. The summed E-state index contributed by atoms with van der Waals surface area (Å²) in [6, 6.07) is 8.01. The van der Waals surface area contributed by atoms with Crippen LogP contribution in [-0.4, -0.2) is 23.8 Å². The Balaban J connectivity index is 2.81. The average Bonchev–Trinajstić information content (AvgIpc) is 2.39. The second-order valence-corrected chi connectivity index (χ2v) is 4.53. The Morgan fingerprint density at radius 2 is 2.05 bits per heavy atom. The highest BCUT2D eigenvalue weighted by Crippen LogP contribution is 2.23. The fraction of sp³-hybridized carbons (Fsp3) is 0.533. The molecule has 0 aliphatic carbocycles. The molecule has 0 amide bonds. The molecule has 0 aromatic heterocycles. The van der Waals surface area contributed by atoms with Crippen LogP contribution in [0.5, 0.6) is 0 Å². The lowest BCUT2D eigenvalue weighted by Crippen LogP contribution is -2.28. The molecule has 0 saturated carbocycles. The lowest BCUT2D eigenvalue weighted by Gasteiger charge is -2.22. The number of nitrogens with two attached hydrogens (primary N) is 1. The first kappa shape index (κ1) is 15.5. The van der Waals surface area contributed by atoms with E-state index in [1.807, 2.05) is 31.2 Å². The van der Waals surface area contributed by atoms with Crippen LogP contribution in [0.3, 0.4) is 0 Å². The molecule has 19 heavy (non-hydrogen) atoms. The van der Waals surface area contributed by atoms with Gasteiger partial charge in [-0.1, -0.05) is 37.6 Å². The molecule has 0 aliphatic rings. The molecule has 1 aromatic rings. The van der Waals surface area contributed by atoms with Crippen LogP contribution < -0.4 is 5.73 Å². The Kier molecular flexibility index (Phi) is 6.36. The van der Waals surface area contributed by atoms with E-state index in [9.17, 15) is 5.11 Å². The third kappa shape index (κ3) is 4.56. The van der Waals surface area contributed by atoms with Crippen LogP contribution >= 0.6 is 0 Å². The number of hydrogen-bond acceptors (Lipinski definition) is 3. The fourth-order valence-corrected chi connectivity index (χ4v) is 2.02. The molecular formula is C15H24N2O2. The van der Waals surface area contributed by atoms with Gasteiger partial charge in [0, 0.05) is 6.54 Å². The van der Waals surface area contributed by atoms with Crippen molar-refractivity contribution in [1.82, 2.24) is 0 Å². The molecule has 106 valence electrons. The second kappa shape index (κ2) is 7.79. The number of hydrogen-bond donors (Lipinski definition) is 2. The van der Waals surface area contributed by atoms with E-state index in [0.29, 0.717) is 6.54 Å². The van der Waals surface area contributed by atoms with Gasteiger partial charge >= 0.3 is 0 Å². The third-order valence-corrected chi connectivity index (χ3v) is 2.96. The lowest BCUT2D eigenvalue weighted by atomic mass is 9.96. The van der Waals surface area contributed by atoms with Crippen molar-refractivity contribution in [2.24, 2.45) is 10.7 Å². The first-order chi connectivity index (χ1) is 9.10. The van der Waals surface area contributed by atoms with Gasteiger partial charge in [0.25, 0.3) is 6.02 Å². The van der Waals surface area contributed by atoms with Crippen LogP contribution in [0.4, 0.5) is 0 Å². The van der Waals surface area contributed by atoms with Gasteiger partial charge in [-0.25, -0.2) is 4.99 Å². The highest BCUT2D eigenvalue weighted by molar-refractivity contribution is 5.71. The van der Waals surface area contributed by atoms with Crippen molar-refractivity contribution in [1.29, 1.82) is 0 Å². The molecule has 0 spiro atoms. The quantitative estimate of drug-likeness (QED) is 0.612. The monoisotopic (exact) mass is 264 g/mol. The second-order valence-electron chi connectivity index (χ2n) is 4.53. The molecule has 2 unspecified atom stereocenters. The van der Waals surface area contributed by atoms with E-state index < -0.39 is 12.2 Å². The molecule has 0 fully saturated rings. The van der Waals surface area contributed by atoms with E-state index in [-0.39, 0.29) is 6.02 Å². The maximum absolute atomic E-state index is 10.4. The zero-order valence-corrected chi connectivity index (χ0v) is 12.0. The summed E-state index contributed by atoms with van der Waals surface area (Å²) in [5.74, 6) is 0. The van der Waals surface area contributed by atoms with Crippen molar-refractivity contribution >= 4 is 6.02 Å². The van der Waals surface area contributed by atoms with E-state index in [4.69, 9.17) is 10.5 Å². The molecule has 0 heterocycles. The summed E-state index contributed by atoms with van der Waals surface area (Å²) in [5, 5.41) is 10.4. The zero-order chi connectivity index (χ0) is 14.3. The summed E-state index contributed by atoms with van der Waals surface area (Å²) in [7, 11) is 0. The Morgan fingerprint density at radius 1 is 1.37 bits per heavy atom. The predicted octanol–water partition coefficient (Wildman–Crippen LogP) is 2.41. The first-order valence-corrected chi connectivity index (χ1v) is 6.82. The van der Waals surface area contributed by atoms with Gasteiger partial charge in [-0.2, -0.15) is 0 Å². The van der Waals surface area contributed by atoms with E-state index in [0.717, 1.165) is 24.0 Å². The molecule has 0 radical (unpaired) electrons. The minimum absolute atomic E-state index is 0.127. The predicted molar refractivity (Wildman–Crippen MR) is 78.1 cm³/mol. The molecule has 0 bridgehead atoms. The molecule has 0 saturated heterocycles. The highest BCUT2D eigenvalue weighted by atomic mass is 16.5. The zero-order valence-electron chi connectivity index (χ0n) is 12.0.